The summed E-state index contributed by atoms with van der Waals surface area (Å²) in [4.78, 5) is 3.20. The number of H-pyrrole nitrogens is 1. The summed E-state index contributed by atoms with van der Waals surface area (Å²) in [5, 5.41) is 2.75. The summed E-state index contributed by atoms with van der Waals surface area (Å²) >= 11 is 0. The van der Waals surface area contributed by atoms with Crippen LogP contribution in [0.2, 0.25) is 0 Å². The van der Waals surface area contributed by atoms with Gasteiger partial charge >= 0.3 is 0 Å². The van der Waals surface area contributed by atoms with Gasteiger partial charge in [0.15, 0.2) is 0 Å². The van der Waals surface area contributed by atoms with Gasteiger partial charge in [-0.2, -0.15) is 0 Å². The predicted octanol–water partition coefficient (Wildman–Crippen LogP) is 3.66. The summed E-state index contributed by atoms with van der Waals surface area (Å²) in [6.07, 6.45) is 5.33. The van der Waals surface area contributed by atoms with Gasteiger partial charge in [0.25, 0.3) is 0 Å². The molecule has 1 aromatic heterocycles. The molecule has 0 unspecified atom stereocenters. The summed E-state index contributed by atoms with van der Waals surface area (Å²) in [6, 6.07) is 0. The average molecular weight is 187 g/mol. The molecule has 14 heavy (non-hydrogen) atoms. The van der Waals surface area contributed by atoms with Crippen molar-refractivity contribution in [2.75, 3.05) is 0 Å². The van der Waals surface area contributed by atoms with Crippen LogP contribution in [-0.4, -0.2) is 4.98 Å². The zero-order valence-corrected chi connectivity index (χ0v) is 9.36. The molecule has 74 valence electrons. The van der Waals surface area contributed by atoms with Crippen molar-refractivity contribution in [3.63, 3.8) is 0 Å². The summed E-state index contributed by atoms with van der Waals surface area (Å²) in [5.41, 5.74) is 5.82. The number of hydrogen-bond acceptors (Lipinski definition) is 0. The maximum Gasteiger partial charge on any atom is 0.00872 e. The fourth-order valence-corrected chi connectivity index (χ4v) is 2.39. The minimum atomic E-state index is 1.12. The van der Waals surface area contributed by atoms with Crippen LogP contribution < -0.4 is 0 Å². The Labute approximate surface area is 85.1 Å². The lowest BCUT2D eigenvalue weighted by atomic mass is 9.92. The van der Waals surface area contributed by atoms with Crippen molar-refractivity contribution in [2.24, 2.45) is 0 Å². The lowest BCUT2D eigenvalue weighted by Gasteiger charge is -2.12. The lowest BCUT2D eigenvalue weighted by Crippen LogP contribution is -1.95. The Kier molecular flexibility index (Phi) is 2.10. The third kappa shape index (κ3) is 1.08. The van der Waals surface area contributed by atoms with Crippen LogP contribution in [0.25, 0.3) is 10.8 Å². The summed E-state index contributed by atoms with van der Waals surface area (Å²) in [5.74, 6) is 0. The Morgan fingerprint density at radius 2 is 1.50 bits per heavy atom. The minimum absolute atomic E-state index is 1.12. The van der Waals surface area contributed by atoms with Crippen LogP contribution in [0.1, 0.15) is 29.2 Å². The highest BCUT2D eigenvalue weighted by Crippen LogP contribution is 2.29. The molecule has 1 heteroatoms. The van der Waals surface area contributed by atoms with Gasteiger partial charge in [0.1, 0.15) is 0 Å². The number of aromatic nitrogens is 1. The molecule has 0 aliphatic heterocycles. The van der Waals surface area contributed by atoms with E-state index in [-0.39, 0.29) is 0 Å². The van der Waals surface area contributed by atoms with Crippen molar-refractivity contribution in [3.05, 3.63) is 34.6 Å². The van der Waals surface area contributed by atoms with Crippen molar-refractivity contribution in [1.82, 2.24) is 4.98 Å². The number of aryl methyl sites for hydroxylation is 2. The fraction of sp³-hybridized carbons (Fsp3) is 0.385. The van der Waals surface area contributed by atoms with Crippen molar-refractivity contribution in [1.29, 1.82) is 0 Å². The molecule has 2 rings (SSSR count). The molecule has 0 saturated carbocycles. The summed E-state index contributed by atoms with van der Waals surface area (Å²) < 4.78 is 0. The van der Waals surface area contributed by atoms with Crippen molar-refractivity contribution < 1.29 is 0 Å². The Balaban J connectivity index is 2.94. The molecule has 1 heterocycles. The van der Waals surface area contributed by atoms with E-state index in [1.807, 2.05) is 0 Å². The van der Waals surface area contributed by atoms with Gasteiger partial charge in [0, 0.05) is 23.2 Å². The molecule has 0 saturated heterocycles. The number of fused-ring (bicyclic) bond motifs is 1. The maximum absolute atomic E-state index is 3.20. The summed E-state index contributed by atoms with van der Waals surface area (Å²) in [7, 11) is 0. The van der Waals surface area contributed by atoms with E-state index in [0.717, 1.165) is 6.42 Å². The molecule has 1 aromatic carbocycles. The number of hydrogen-bond donors (Lipinski definition) is 1. The van der Waals surface area contributed by atoms with E-state index in [0.29, 0.717) is 0 Å². The maximum atomic E-state index is 3.20. The first-order valence-electron chi connectivity index (χ1n) is 5.22. The van der Waals surface area contributed by atoms with E-state index in [4.69, 9.17) is 0 Å². The molecular weight excluding hydrogens is 170 g/mol. The molecule has 0 spiro atoms. The SMILES string of the molecule is CCc1c(C)c(C)c2c[nH]cc2c1C. The normalized spacial score (nSPS) is 11.1. The van der Waals surface area contributed by atoms with Crippen LogP contribution in [0.4, 0.5) is 0 Å². The molecule has 1 N–H and O–H groups in total. The van der Waals surface area contributed by atoms with E-state index in [1.54, 1.807) is 0 Å². The van der Waals surface area contributed by atoms with Crippen LogP contribution in [-0.2, 0) is 6.42 Å². The minimum Gasteiger partial charge on any atom is -0.366 e. The zero-order chi connectivity index (χ0) is 10.3. The highest BCUT2D eigenvalue weighted by Gasteiger charge is 2.10. The number of nitrogens with one attached hydrogen (secondary N) is 1. The average Bonchev–Trinajstić information content (AvgIpc) is 2.64. The van der Waals surface area contributed by atoms with Gasteiger partial charge in [-0.25, -0.2) is 0 Å². The third-order valence-electron chi connectivity index (χ3n) is 3.37. The number of aromatic amines is 1. The van der Waals surface area contributed by atoms with Gasteiger partial charge in [-0.3, -0.25) is 0 Å². The third-order valence-corrected chi connectivity index (χ3v) is 3.37. The fourth-order valence-electron chi connectivity index (χ4n) is 2.39. The molecule has 0 bridgehead atoms. The molecule has 0 atom stereocenters. The second kappa shape index (κ2) is 3.16. The van der Waals surface area contributed by atoms with Gasteiger partial charge in [-0.1, -0.05) is 6.92 Å². The van der Waals surface area contributed by atoms with E-state index in [9.17, 15) is 0 Å². The van der Waals surface area contributed by atoms with Gasteiger partial charge < -0.3 is 4.98 Å². The number of benzene rings is 1. The standard InChI is InChI=1S/C13H17N/c1-5-11-8(2)9(3)12-6-14-7-13(12)10(11)4/h6-7,14H,5H2,1-4H3. The van der Waals surface area contributed by atoms with Crippen LogP contribution in [0.3, 0.4) is 0 Å². The van der Waals surface area contributed by atoms with E-state index < -0.39 is 0 Å². The quantitative estimate of drug-likeness (QED) is 0.701. The molecule has 0 aliphatic rings. The second-order valence-corrected chi connectivity index (χ2v) is 3.99. The van der Waals surface area contributed by atoms with Crippen LogP contribution in [0, 0.1) is 20.8 Å². The van der Waals surface area contributed by atoms with Gasteiger partial charge in [0.2, 0.25) is 0 Å². The highest BCUT2D eigenvalue weighted by atomic mass is 14.6. The van der Waals surface area contributed by atoms with Crippen LogP contribution >= 0.6 is 0 Å². The van der Waals surface area contributed by atoms with Crippen LogP contribution in [0.5, 0.6) is 0 Å². The second-order valence-electron chi connectivity index (χ2n) is 3.99. The highest BCUT2D eigenvalue weighted by molar-refractivity contribution is 5.90. The molecule has 0 aliphatic carbocycles. The zero-order valence-electron chi connectivity index (χ0n) is 9.36. The Morgan fingerprint density at radius 1 is 0.929 bits per heavy atom. The molecule has 0 radical (unpaired) electrons. The van der Waals surface area contributed by atoms with E-state index in [2.05, 4.69) is 45.1 Å². The smallest absolute Gasteiger partial charge is 0.00872 e. The Hall–Kier alpha value is -1.24. The molecular formula is C13H17N. The van der Waals surface area contributed by atoms with E-state index >= 15 is 0 Å². The number of rotatable bonds is 1. The molecule has 2 aromatic rings. The largest absolute Gasteiger partial charge is 0.366 e. The van der Waals surface area contributed by atoms with Crippen LogP contribution in [0.15, 0.2) is 12.4 Å². The van der Waals surface area contributed by atoms with Gasteiger partial charge in [-0.15, -0.1) is 0 Å². The van der Waals surface area contributed by atoms with Crippen molar-refractivity contribution in [2.45, 2.75) is 34.1 Å². The predicted molar refractivity (Wildman–Crippen MR) is 61.9 cm³/mol. The topological polar surface area (TPSA) is 15.8 Å². The van der Waals surface area contributed by atoms with E-state index in [1.165, 1.54) is 33.0 Å². The molecule has 0 fully saturated rings. The van der Waals surface area contributed by atoms with Gasteiger partial charge in [0.05, 0.1) is 0 Å². The molecule has 1 nitrogen and oxygen atoms in total. The van der Waals surface area contributed by atoms with Crippen molar-refractivity contribution in [3.8, 4) is 0 Å². The monoisotopic (exact) mass is 187 g/mol. The van der Waals surface area contributed by atoms with Crippen molar-refractivity contribution >= 4 is 10.8 Å². The lowest BCUT2D eigenvalue weighted by molar-refractivity contribution is 1.08. The van der Waals surface area contributed by atoms with Gasteiger partial charge in [-0.05, 0) is 49.4 Å². The summed E-state index contributed by atoms with van der Waals surface area (Å²) in [6.45, 7) is 8.90. The first kappa shape index (κ1) is 9.32. The Morgan fingerprint density at radius 3 is 2.07 bits per heavy atom. The first-order valence-corrected chi connectivity index (χ1v) is 5.22. The molecule has 0 amide bonds. The first-order chi connectivity index (χ1) is 6.66. The Bertz CT molecular complexity index is 477.